The van der Waals surface area contributed by atoms with E-state index in [0.29, 0.717) is 24.0 Å². The van der Waals surface area contributed by atoms with Crippen molar-refractivity contribution in [1.29, 1.82) is 0 Å². The van der Waals surface area contributed by atoms with Crippen molar-refractivity contribution in [2.75, 3.05) is 26.3 Å². The summed E-state index contributed by atoms with van der Waals surface area (Å²) in [6.45, 7) is 7.16. The quantitative estimate of drug-likeness (QED) is 0.0146. The number of amides is 9. The zero-order chi connectivity index (χ0) is 65.8. The lowest BCUT2D eigenvalue weighted by atomic mass is 9.96. The largest absolute Gasteiger partial charge is 0.480 e. The van der Waals surface area contributed by atoms with E-state index in [1.165, 1.54) is 6.92 Å². The summed E-state index contributed by atoms with van der Waals surface area (Å²) in [5.41, 5.74) is 24.6. The van der Waals surface area contributed by atoms with Gasteiger partial charge in [0.2, 0.25) is 53.2 Å². The standard InChI is InChI=1S/C58H91N15O15/c1-7-30(3)45(54(84)68-41(57(87)88)25-34-17-10-9-11-18-34)72-52(82)43(29-75)69-55(85)46(31(4)8-2)71-48(78)39(22-16-24-63-58(61)62)66-51(81)42(28-74)70-56(86)47(33(6)77)73-49(79)38(21-14-15-23-59)65-50(80)40(67-53(83)44(60)32(5)76)26-35-27-64-37-20-13-12-19-36(35)37/h9-13,17-20,27,30-33,38-47,64,74-77H,7-8,14-16,21-26,28-29,59-60H2,1-6H3,(H,65,80)(H,66,81)(H,67,83)(H,68,84)(H,69,85)(H,70,86)(H,71,78)(H,72,82)(H,73,79)(H,87,88)(H4,61,62,63)/t30-,31-,32+,33+,38-,39-,40-,41-,42-,43-,44-,45-,46-,47-/m0/s1. The summed E-state index contributed by atoms with van der Waals surface area (Å²) in [4.78, 5) is 144. The molecule has 0 aliphatic rings. The van der Waals surface area contributed by atoms with Gasteiger partial charge >= 0.3 is 5.97 Å². The van der Waals surface area contributed by atoms with Gasteiger partial charge in [-0.25, -0.2) is 4.79 Å². The number of nitrogens with zero attached hydrogens (tertiary/aromatic N) is 1. The Morgan fingerprint density at radius 1 is 0.523 bits per heavy atom. The number of nitrogens with one attached hydrogen (secondary N) is 10. The second-order valence-corrected chi connectivity index (χ2v) is 21.8. The van der Waals surface area contributed by atoms with Crippen LogP contribution in [0.15, 0.2) is 65.8 Å². The lowest BCUT2D eigenvalue weighted by Crippen LogP contribution is -2.63. The van der Waals surface area contributed by atoms with Gasteiger partial charge < -0.3 is 101 Å². The van der Waals surface area contributed by atoms with Crippen LogP contribution in [0.2, 0.25) is 0 Å². The highest BCUT2D eigenvalue weighted by atomic mass is 16.4. The number of aromatic amines is 1. The first-order valence-electron chi connectivity index (χ1n) is 29.4. The molecule has 2 aromatic carbocycles. The normalized spacial score (nSPS) is 16.0. The fourth-order valence-electron chi connectivity index (χ4n) is 9.09. The molecule has 23 N–H and O–H groups in total. The maximum absolute atomic E-state index is 14.3. The number of aliphatic imine (C=N–C) groups is 1. The number of guanidine groups is 1. The van der Waals surface area contributed by atoms with Crippen molar-refractivity contribution < 1.29 is 73.5 Å². The maximum Gasteiger partial charge on any atom is 0.326 e. The van der Waals surface area contributed by atoms with E-state index in [2.05, 4.69) is 57.8 Å². The number of aromatic nitrogens is 1. The molecule has 0 spiro atoms. The first kappa shape index (κ1) is 74.0. The number of carbonyl (C=O) groups is 10. The molecule has 0 radical (unpaired) electrons. The topological polar surface area (TPSA) is 512 Å². The summed E-state index contributed by atoms with van der Waals surface area (Å²) in [6, 6.07) is 0.382. The molecule has 0 saturated heterocycles. The van der Waals surface area contributed by atoms with Gasteiger partial charge in [0.15, 0.2) is 5.96 Å². The molecule has 9 amide bonds. The summed E-state index contributed by atoms with van der Waals surface area (Å²) in [5, 5.41) is 74.8. The summed E-state index contributed by atoms with van der Waals surface area (Å²) in [5.74, 6) is -11.7. The Kier molecular flexibility index (Phi) is 31.4. The van der Waals surface area contributed by atoms with Gasteiger partial charge in [-0.15, -0.1) is 0 Å². The summed E-state index contributed by atoms with van der Waals surface area (Å²) in [7, 11) is 0. The number of hydrogen-bond donors (Lipinski definition) is 19. The van der Waals surface area contributed by atoms with Gasteiger partial charge in [0, 0.05) is 36.5 Å². The predicted octanol–water partition coefficient (Wildman–Crippen LogP) is -4.25. The smallest absolute Gasteiger partial charge is 0.326 e. The Balaban J connectivity index is 1.84. The van der Waals surface area contributed by atoms with Gasteiger partial charge in [0.25, 0.3) is 0 Å². The molecule has 3 rings (SSSR count). The second kappa shape index (κ2) is 37.4. The molecule has 0 aliphatic heterocycles. The van der Waals surface area contributed by atoms with Crippen LogP contribution in [0.3, 0.4) is 0 Å². The highest BCUT2D eigenvalue weighted by Gasteiger charge is 2.38. The molecule has 30 heteroatoms. The number of carbonyl (C=O) groups excluding carboxylic acids is 9. The highest BCUT2D eigenvalue weighted by Crippen LogP contribution is 2.20. The minimum absolute atomic E-state index is 0.0361. The van der Waals surface area contributed by atoms with Crippen molar-refractivity contribution in [2.45, 2.75) is 172 Å². The number of fused-ring (bicyclic) bond motifs is 1. The molecule has 0 bridgehead atoms. The molecule has 3 aromatic rings. The predicted molar refractivity (Wildman–Crippen MR) is 324 cm³/mol. The van der Waals surface area contributed by atoms with Crippen LogP contribution in [0.5, 0.6) is 0 Å². The number of aliphatic hydroxyl groups excluding tert-OH is 4. The Morgan fingerprint density at radius 3 is 1.45 bits per heavy atom. The van der Waals surface area contributed by atoms with Crippen LogP contribution >= 0.6 is 0 Å². The van der Waals surface area contributed by atoms with Crippen LogP contribution in [-0.2, 0) is 60.8 Å². The third kappa shape index (κ3) is 23.4. The Hall–Kier alpha value is -8.29. The number of hydrogen-bond acceptors (Lipinski definition) is 17. The number of para-hydroxylation sites is 1. The third-order valence-electron chi connectivity index (χ3n) is 14.9. The van der Waals surface area contributed by atoms with Crippen LogP contribution in [0.25, 0.3) is 10.9 Å². The summed E-state index contributed by atoms with van der Waals surface area (Å²) in [6.07, 6.45) is -0.472. The number of carboxylic acid groups (broad SMARTS) is 1. The number of unbranched alkanes of at least 4 members (excludes halogenated alkanes) is 1. The van der Waals surface area contributed by atoms with E-state index >= 15 is 0 Å². The van der Waals surface area contributed by atoms with Crippen LogP contribution < -0.4 is 70.8 Å². The number of carboxylic acids is 1. The fraction of sp³-hybridized carbons (Fsp3) is 0.569. The maximum atomic E-state index is 14.3. The Morgan fingerprint density at radius 2 is 0.966 bits per heavy atom. The molecule has 1 aromatic heterocycles. The van der Waals surface area contributed by atoms with Crippen molar-refractivity contribution in [1.82, 2.24) is 52.8 Å². The van der Waals surface area contributed by atoms with E-state index in [-0.39, 0.29) is 64.0 Å². The van der Waals surface area contributed by atoms with Crippen molar-refractivity contribution in [3.05, 3.63) is 71.9 Å². The highest BCUT2D eigenvalue weighted by molar-refractivity contribution is 5.99. The van der Waals surface area contributed by atoms with E-state index < -0.39 is 157 Å². The number of benzene rings is 2. The van der Waals surface area contributed by atoms with Gasteiger partial charge in [-0.2, -0.15) is 0 Å². The molecule has 1 heterocycles. The molecule has 0 unspecified atom stereocenters. The number of H-pyrrole nitrogens is 1. The molecule has 0 fully saturated rings. The van der Waals surface area contributed by atoms with E-state index in [1.807, 2.05) is 0 Å². The number of nitrogens with two attached hydrogens (primary N) is 4. The first-order chi connectivity index (χ1) is 41.7. The van der Waals surface area contributed by atoms with Crippen molar-refractivity contribution in [3.63, 3.8) is 0 Å². The molecule has 88 heavy (non-hydrogen) atoms. The molecule has 488 valence electrons. The third-order valence-corrected chi connectivity index (χ3v) is 14.9. The fourth-order valence-corrected chi connectivity index (χ4v) is 9.09. The SMILES string of the molecule is CC[C@H](C)[C@H](NC(=O)[C@H](CO)NC(=O)[C@@H](NC(=O)[C@H](CCCN=C(N)N)NC(=O)[C@H](CO)NC(=O)[C@@H](NC(=O)[C@H](CCCCN)NC(=O)[C@H](Cc1c[nH]c2ccccc12)NC(=O)[C@@H](N)[C@@H](C)O)[C@@H](C)O)[C@@H](C)CC)C(=O)N[C@@H](Cc1ccccc1)C(=O)O. The minimum atomic E-state index is -1.86. The minimum Gasteiger partial charge on any atom is -0.480 e. The van der Waals surface area contributed by atoms with Gasteiger partial charge in [-0.3, -0.25) is 48.1 Å². The average Bonchev–Trinajstić information content (AvgIpc) is 4.17. The lowest BCUT2D eigenvalue weighted by molar-refractivity contribution is -0.142. The van der Waals surface area contributed by atoms with Crippen LogP contribution in [0, 0.1) is 11.8 Å². The number of aliphatic carboxylic acids is 1. The zero-order valence-corrected chi connectivity index (χ0v) is 50.6. The van der Waals surface area contributed by atoms with E-state index in [1.54, 1.807) is 88.5 Å². The van der Waals surface area contributed by atoms with E-state index in [9.17, 15) is 73.5 Å². The molecule has 30 nitrogen and oxygen atoms in total. The molecular formula is C58H91N15O15. The zero-order valence-electron chi connectivity index (χ0n) is 50.6. The van der Waals surface area contributed by atoms with Crippen LogP contribution in [0.1, 0.15) is 97.6 Å². The van der Waals surface area contributed by atoms with Crippen molar-refractivity contribution >= 4 is 76.0 Å². The second-order valence-electron chi connectivity index (χ2n) is 21.8. The average molecular weight is 1240 g/mol. The van der Waals surface area contributed by atoms with Gasteiger partial charge in [0.1, 0.15) is 60.4 Å². The summed E-state index contributed by atoms with van der Waals surface area (Å²) >= 11 is 0. The van der Waals surface area contributed by atoms with Crippen LogP contribution in [0.4, 0.5) is 0 Å². The summed E-state index contributed by atoms with van der Waals surface area (Å²) < 4.78 is 0. The van der Waals surface area contributed by atoms with Gasteiger partial charge in [0.05, 0.1) is 25.4 Å². The number of rotatable bonds is 39. The van der Waals surface area contributed by atoms with Crippen molar-refractivity contribution in [3.8, 4) is 0 Å². The molecular weight excluding hydrogens is 1150 g/mol. The molecule has 0 saturated carbocycles. The van der Waals surface area contributed by atoms with E-state index in [4.69, 9.17) is 22.9 Å². The molecule has 0 aliphatic carbocycles. The monoisotopic (exact) mass is 1240 g/mol. The number of aliphatic hydroxyl groups is 4. The van der Waals surface area contributed by atoms with Crippen LogP contribution in [-0.4, -0.2) is 195 Å². The molecule has 14 atom stereocenters. The lowest BCUT2D eigenvalue weighted by Gasteiger charge is -2.30. The van der Waals surface area contributed by atoms with Gasteiger partial charge in [-0.1, -0.05) is 89.1 Å². The van der Waals surface area contributed by atoms with Crippen molar-refractivity contribution in [2.24, 2.45) is 39.8 Å². The Labute approximate surface area is 510 Å². The Bertz CT molecular complexity index is 2820. The van der Waals surface area contributed by atoms with E-state index in [0.717, 1.165) is 17.8 Å². The van der Waals surface area contributed by atoms with Gasteiger partial charge in [-0.05, 0) is 81.5 Å². The first-order valence-corrected chi connectivity index (χ1v) is 29.4.